The van der Waals surface area contributed by atoms with Gasteiger partial charge in [0.1, 0.15) is 12.4 Å². The fourth-order valence-corrected chi connectivity index (χ4v) is 2.02. The summed E-state index contributed by atoms with van der Waals surface area (Å²) >= 11 is 0. The van der Waals surface area contributed by atoms with Gasteiger partial charge in [0.2, 0.25) is 0 Å². The van der Waals surface area contributed by atoms with Crippen LogP contribution in [0.3, 0.4) is 0 Å². The molecule has 0 amide bonds. The molecule has 114 valence electrons. The topological polar surface area (TPSA) is 78.7 Å². The average molecular weight is 301 g/mol. The van der Waals surface area contributed by atoms with Gasteiger partial charge in [0.05, 0.1) is 17.6 Å². The van der Waals surface area contributed by atoms with E-state index in [1.165, 1.54) is 13.2 Å². The molecule has 2 aromatic carbocycles. The first-order valence-electron chi connectivity index (χ1n) is 6.57. The van der Waals surface area contributed by atoms with Crippen LogP contribution >= 0.6 is 0 Å². The van der Waals surface area contributed by atoms with E-state index < -0.39 is 10.9 Å². The lowest BCUT2D eigenvalue weighted by molar-refractivity contribution is -0.385. The summed E-state index contributed by atoms with van der Waals surface area (Å²) in [7, 11) is 1.31. The number of carbonyl (C=O) groups excluding carboxylic acids is 1. The minimum absolute atomic E-state index is 0.0596. The number of ether oxygens (including phenoxy) is 2. The highest BCUT2D eigenvalue weighted by atomic mass is 16.6. The highest BCUT2D eigenvalue weighted by molar-refractivity contribution is 5.89. The van der Waals surface area contributed by atoms with Crippen molar-refractivity contribution in [3.63, 3.8) is 0 Å². The first-order chi connectivity index (χ1) is 10.5. The average Bonchev–Trinajstić information content (AvgIpc) is 2.53. The van der Waals surface area contributed by atoms with E-state index >= 15 is 0 Å². The summed E-state index contributed by atoms with van der Waals surface area (Å²) in [5, 5.41) is 10.9. The van der Waals surface area contributed by atoms with E-state index in [0.29, 0.717) is 16.9 Å². The summed E-state index contributed by atoms with van der Waals surface area (Å²) in [6.07, 6.45) is 0. The largest absolute Gasteiger partial charge is 0.489 e. The number of hydrogen-bond donors (Lipinski definition) is 0. The molecule has 22 heavy (non-hydrogen) atoms. The smallest absolute Gasteiger partial charge is 0.337 e. The van der Waals surface area contributed by atoms with Gasteiger partial charge in [-0.05, 0) is 30.7 Å². The molecule has 0 unspecified atom stereocenters. The molecule has 0 fully saturated rings. The Morgan fingerprint density at radius 3 is 2.64 bits per heavy atom. The van der Waals surface area contributed by atoms with Gasteiger partial charge in [-0.3, -0.25) is 10.1 Å². The molecule has 6 heteroatoms. The van der Waals surface area contributed by atoms with Gasteiger partial charge in [-0.25, -0.2) is 4.79 Å². The number of nitro groups is 1. The minimum atomic E-state index is -0.447. The Balaban J connectivity index is 2.15. The van der Waals surface area contributed by atoms with Gasteiger partial charge >= 0.3 is 5.97 Å². The second-order valence-electron chi connectivity index (χ2n) is 4.63. The molecule has 0 aromatic heterocycles. The van der Waals surface area contributed by atoms with Crippen molar-refractivity contribution in [2.75, 3.05) is 7.11 Å². The molecule has 0 aliphatic carbocycles. The van der Waals surface area contributed by atoms with Gasteiger partial charge in [0, 0.05) is 11.6 Å². The molecule has 0 aliphatic rings. The van der Waals surface area contributed by atoms with Gasteiger partial charge in [0.15, 0.2) is 0 Å². The fraction of sp³-hybridized carbons (Fsp3) is 0.188. The third-order valence-corrected chi connectivity index (χ3v) is 3.26. The van der Waals surface area contributed by atoms with E-state index in [0.717, 1.165) is 5.56 Å². The lowest BCUT2D eigenvalue weighted by Gasteiger charge is -2.09. The molecule has 6 nitrogen and oxygen atoms in total. The maximum atomic E-state index is 11.5. The number of rotatable bonds is 5. The number of hydrogen-bond acceptors (Lipinski definition) is 5. The normalized spacial score (nSPS) is 10.1. The first-order valence-corrected chi connectivity index (χ1v) is 6.57. The van der Waals surface area contributed by atoms with Gasteiger partial charge in [0.25, 0.3) is 5.69 Å². The van der Waals surface area contributed by atoms with Crippen LogP contribution in [-0.4, -0.2) is 18.0 Å². The molecule has 2 rings (SSSR count). The third-order valence-electron chi connectivity index (χ3n) is 3.26. The van der Waals surface area contributed by atoms with Crippen molar-refractivity contribution >= 4 is 11.7 Å². The summed E-state index contributed by atoms with van der Waals surface area (Å²) in [5.74, 6) is 0.0470. The van der Waals surface area contributed by atoms with Crippen molar-refractivity contribution in [3.8, 4) is 5.75 Å². The second kappa shape index (κ2) is 6.71. The predicted molar refractivity (Wildman–Crippen MR) is 79.9 cm³/mol. The van der Waals surface area contributed by atoms with Crippen LogP contribution in [0.2, 0.25) is 0 Å². The summed E-state index contributed by atoms with van der Waals surface area (Å²) in [4.78, 5) is 22.0. The number of benzene rings is 2. The van der Waals surface area contributed by atoms with Crippen LogP contribution in [0, 0.1) is 17.0 Å². The van der Waals surface area contributed by atoms with Crippen LogP contribution in [-0.2, 0) is 11.3 Å². The Bertz CT molecular complexity index is 711. The van der Waals surface area contributed by atoms with Crippen LogP contribution in [0.4, 0.5) is 5.69 Å². The van der Waals surface area contributed by atoms with E-state index in [1.807, 2.05) is 0 Å². The standard InChI is InChI=1S/C16H15NO5/c1-11-13(6-4-8-15(11)17(19)20)10-22-14-7-3-5-12(9-14)16(18)21-2/h3-9H,10H2,1-2H3. The van der Waals surface area contributed by atoms with Crippen LogP contribution < -0.4 is 4.74 Å². The number of esters is 1. The highest BCUT2D eigenvalue weighted by Gasteiger charge is 2.13. The number of carbonyl (C=O) groups is 1. The van der Waals surface area contributed by atoms with Crippen molar-refractivity contribution in [2.24, 2.45) is 0 Å². The van der Waals surface area contributed by atoms with E-state index in [-0.39, 0.29) is 12.3 Å². The lowest BCUT2D eigenvalue weighted by atomic mass is 10.1. The lowest BCUT2D eigenvalue weighted by Crippen LogP contribution is -2.03. The zero-order valence-electron chi connectivity index (χ0n) is 12.2. The van der Waals surface area contributed by atoms with Crippen molar-refractivity contribution in [2.45, 2.75) is 13.5 Å². The van der Waals surface area contributed by atoms with Crippen molar-refractivity contribution in [1.82, 2.24) is 0 Å². The van der Waals surface area contributed by atoms with Crippen LogP contribution in [0.1, 0.15) is 21.5 Å². The first kappa shape index (κ1) is 15.5. The Morgan fingerprint density at radius 2 is 1.95 bits per heavy atom. The molecule has 0 saturated heterocycles. The van der Waals surface area contributed by atoms with Crippen molar-refractivity contribution in [1.29, 1.82) is 0 Å². The van der Waals surface area contributed by atoms with Crippen LogP contribution in [0.15, 0.2) is 42.5 Å². The second-order valence-corrected chi connectivity index (χ2v) is 4.63. The molecule has 0 heterocycles. The van der Waals surface area contributed by atoms with Crippen molar-refractivity contribution < 1.29 is 19.2 Å². The van der Waals surface area contributed by atoms with Gasteiger partial charge in [-0.2, -0.15) is 0 Å². The SMILES string of the molecule is COC(=O)c1cccc(OCc2cccc([N+](=O)[O-])c2C)c1. The molecular weight excluding hydrogens is 286 g/mol. The zero-order valence-corrected chi connectivity index (χ0v) is 12.2. The molecule has 0 radical (unpaired) electrons. The van der Waals surface area contributed by atoms with Crippen molar-refractivity contribution in [3.05, 3.63) is 69.3 Å². The van der Waals surface area contributed by atoms with Crippen LogP contribution in [0.25, 0.3) is 0 Å². The van der Waals surface area contributed by atoms with E-state index in [2.05, 4.69) is 4.74 Å². The molecule has 0 atom stereocenters. The summed E-state index contributed by atoms with van der Waals surface area (Å²) in [6.45, 7) is 1.86. The molecule has 0 spiro atoms. The maximum absolute atomic E-state index is 11.5. The molecule has 0 N–H and O–H groups in total. The Morgan fingerprint density at radius 1 is 1.23 bits per heavy atom. The maximum Gasteiger partial charge on any atom is 0.337 e. The van der Waals surface area contributed by atoms with Gasteiger partial charge < -0.3 is 9.47 Å². The molecule has 0 bridgehead atoms. The quantitative estimate of drug-likeness (QED) is 0.481. The highest BCUT2D eigenvalue weighted by Crippen LogP contribution is 2.23. The predicted octanol–water partition coefficient (Wildman–Crippen LogP) is 3.27. The molecular formula is C16H15NO5. The third kappa shape index (κ3) is 3.41. The van der Waals surface area contributed by atoms with Gasteiger partial charge in [-0.15, -0.1) is 0 Å². The summed E-state index contributed by atoms with van der Waals surface area (Å²) in [6, 6.07) is 11.4. The Hall–Kier alpha value is -2.89. The van der Waals surface area contributed by atoms with E-state index in [9.17, 15) is 14.9 Å². The Labute approximate surface area is 127 Å². The number of nitrogens with zero attached hydrogens (tertiary/aromatic N) is 1. The summed E-state index contributed by atoms with van der Waals surface area (Å²) in [5.41, 5.74) is 1.73. The molecule has 0 aliphatic heterocycles. The van der Waals surface area contributed by atoms with Gasteiger partial charge in [-0.1, -0.05) is 18.2 Å². The number of nitro benzene ring substituents is 1. The molecule has 0 saturated carbocycles. The zero-order chi connectivity index (χ0) is 16.1. The summed E-state index contributed by atoms with van der Waals surface area (Å²) < 4.78 is 10.3. The Kier molecular flexibility index (Phi) is 4.73. The monoisotopic (exact) mass is 301 g/mol. The van der Waals surface area contributed by atoms with E-state index in [4.69, 9.17) is 4.74 Å². The molecule has 2 aromatic rings. The van der Waals surface area contributed by atoms with E-state index in [1.54, 1.807) is 43.3 Å². The van der Waals surface area contributed by atoms with Crippen LogP contribution in [0.5, 0.6) is 5.75 Å². The fourth-order valence-electron chi connectivity index (χ4n) is 2.02. The number of methoxy groups -OCH3 is 1. The minimum Gasteiger partial charge on any atom is -0.489 e.